The molecule has 0 saturated carbocycles. The summed E-state index contributed by atoms with van der Waals surface area (Å²) in [5, 5.41) is 14.1. The Morgan fingerprint density at radius 3 is 2.81 bits per heavy atom. The molecule has 130 valence electrons. The van der Waals surface area contributed by atoms with E-state index in [4.69, 9.17) is 0 Å². The maximum Gasteiger partial charge on any atom is 0.269 e. The van der Waals surface area contributed by atoms with Gasteiger partial charge in [0, 0.05) is 47.0 Å². The summed E-state index contributed by atoms with van der Waals surface area (Å²) in [7, 11) is 0. The normalized spacial score (nSPS) is 21.0. The highest BCUT2D eigenvalue weighted by Crippen LogP contribution is 2.36. The van der Waals surface area contributed by atoms with Gasteiger partial charge in [-0.1, -0.05) is 0 Å². The molecule has 0 aromatic heterocycles. The van der Waals surface area contributed by atoms with Gasteiger partial charge in [-0.15, -0.1) is 0 Å². The topological polar surface area (TPSA) is 97.0 Å². The predicted octanol–water partition coefficient (Wildman–Crippen LogP) is 3.11. The summed E-state index contributed by atoms with van der Waals surface area (Å²) in [5.41, 5.74) is 3.81. The van der Waals surface area contributed by atoms with Crippen molar-refractivity contribution in [2.45, 2.75) is 25.8 Å². The molecular formula is C19H16N4O3. The van der Waals surface area contributed by atoms with Gasteiger partial charge in [0.05, 0.1) is 16.8 Å². The number of hydrogen-bond donors (Lipinski definition) is 1. The van der Waals surface area contributed by atoms with E-state index in [0.29, 0.717) is 11.1 Å². The Bertz CT molecular complexity index is 965. The highest BCUT2D eigenvalue weighted by Gasteiger charge is 2.32. The van der Waals surface area contributed by atoms with Gasteiger partial charge in [-0.25, -0.2) is 0 Å². The molecule has 1 atom stereocenters. The lowest BCUT2D eigenvalue weighted by Crippen LogP contribution is -2.24. The summed E-state index contributed by atoms with van der Waals surface area (Å²) in [5.74, 6) is 0.690. The fourth-order valence-corrected chi connectivity index (χ4v) is 3.51. The van der Waals surface area contributed by atoms with Crippen LogP contribution in [0.2, 0.25) is 0 Å². The summed E-state index contributed by atoms with van der Waals surface area (Å²) in [4.78, 5) is 32.2. The fraction of sp³-hybridized carbons (Fsp3) is 0.211. The quantitative estimate of drug-likeness (QED) is 0.515. The van der Waals surface area contributed by atoms with Crippen LogP contribution < -0.4 is 5.32 Å². The number of nitrogens with zero attached hydrogens (tertiary/aromatic N) is 3. The van der Waals surface area contributed by atoms with E-state index in [1.165, 1.54) is 24.3 Å². The number of nitrogens with one attached hydrogen (secondary N) is 1. The number of carbonyl (C=O) groups excluding carboxylic acids is 1. The average molecular weight is 348 g/mol. The molecule has 2 aliphatic heterocycles. The molecule has 0 amide bonds. The third-order valence-corrected chi connectivity index (χ3v) is 4.72. The number of fused-ring (bicyclic) bond motifs is 2. The van der Waals surface area contributed by atoms with Crippen molar-refractivity contribution in [1.29, 1.82) is 0 Å². The first-order chi connectivity index (χ1) is 12.5. The number of non-ortho nitro benzene ring substituents is 1. The minimum atomic E-state index is -0.481. The molecule has 0 saturated heterocycles. The molecule has 26 heavy (non-hydrogen) atoms. The predicted molar refractivity (Wildman–Crippen MR) is 98.4 cm³/mol. The van der Waals surface area contributed by atoms with Crippen LogP contribution in [0.4, 0.5) is 5.69 Å². The Balaban J connectivity index is 1.76. The first-order valence-electron chi connectivity index (χ1n) is 8.32. The number of allylic oxidation sites excluding steroid dienone is 4. The summed E-state index contributed by atoms with van der Waals surface area (Å²) in [6.07, 6.45) is 6.72. The Morgan fingerprint density at radius 1 is 1.31 bits per heavy atom. The van der Waals surface area contributed by atoms with Crippen molar-refractivity contribution in [3.63, 3.8) is 0 Å². The van der Waals surface area contributed by atoms with Crippen molar-refractivity contribution < 1.29 is 9.72 Å². The van der Waals surface area contributed by atoms with Crippen LogP contribution in [-0.2, 0) is 0 Å². The number of carbonyl (C=O) groups is 1. The first-order valence-corrected chi connectivity index (χ1v) is 8.32. The largest absolute Gasteiger partial charge is 0.345 e. The number of nitro benzene ring substituents is 1. The van der Waals surface area contributed by atoms with Gasteiger partial charge in [0.2, 0.25) is 0 Å². The monoisotopic (exact) mass is 348 g/mol. The maximum atomic E-state index is 13.0. The fourth-order valence-electron chi connectivity index (χ4n) is 3.51. The van der Waals surface area contributed by atoms with Crippen LogP contribution >= 0.6 is 0 Å². The van der Waals surface area contributed by atoms with Crippen molar-refractivity contribution in [2.24, 2.45) is 9.98 Å². The number of ketones is 1. The number of hydrogen-bond acceptors (Lipinski definition) is 6. The number of benzene rings is 1. The summed E-state index contributed by atoms with van der Waals surface area (Å²) >= 11 is 0. The number of rotatable bonds is 3. The Hall–Kier alpha value is -3.35. The molecule has 1 unspecified atom stereocenters. The third kappa shape index (κ3) is 2.67. The van der Waals surface area contributed by atoms with Crippen molar-refractivity contribution in [3.05, 3.63) is 74.6 Å². The van der Waals surface area contributed by atoms with Crippen LogP contribution in [0, 0.1) is 10.1 Å². The van der Waals surface area contributed by atoms with Gasteiger partial charge >= 0.3 is 0 Å². The van der Waals surface area contributed by atoms with Crippen LogP contribution in [0.5, 0.6) is 0 Å². The molecule has 1 aromatic carbocycles. The van der Waals surface area contributed by atoms with Gasteiger partial charge in [-0.3, -0.25) is 24.9 Å². The molecule has 3 aliphatic rings. The number of nitro groups is 1. The number of amidine groups is 1. The Labute approximate surface area is 149 Å². The van der Waals surface area contributed by atoms with Gasteiger partial charge in [-0.05, 0) is 43.5 Å². The third-order valence-electron chi connectivity index (χ3n) is 4.72. The second-order valence-corrected chi connectivity index (χ2v) is 6.34. The van der Waals surface area contributed by atoms with Crippen molar-refractivity contribution >= 4 is 23.5 Å². The van der Waals surface area contributed by atoms with Crippen molar-refractivity contribution in [1.82, 2.24) is 5.32 Å². The molecule has 1 aliphatic carbocycles. The zero-order valence-electron chi connectivity index (χ0n) is 14.1. The zero-order chi connectivity index (χ0) is 18.3. The SMILES string of the molecule is CC1=NC2CCC3=C(C(=O)c4ccc([N+](=O)[O-])cc4)C=NC=CC3=C2N1. The summed E-state index contributed by atoms with van der Waals surface area (Å²) < 4.78 is 0. The van der Waals surface area contributed by atoms with E-state index < -0.39 is 4.92 Å². The molecule has 7 nitrogen and oxygen atoms in total. The lowest BCUT2D eigenvalue weighted by Gasteiger charge is -2.23. The smallest absolute Gasteiger partial charge is 0.269 e. The van der Waals surface area contributed by atoms with Crippen LogP contribution in [0.25, 0.3) is 0 Å². The van der Waals surface area contributed by atoms with E-state index in [9.17, 15) is 14.9 Å². The molecule has 0 fully saturated rings. The minimum absolute atomic E-state index is 0.0403. The number of aliphatic imine (C=N–C) groups is 2. The molecule has 2 heterocycles. The van der Waals surface area contributed by atoms with E-state index in [1.807, 2.05) is 13.0 Å². The van der Waals surface area contributed by atoms with Crippen molar-refractivity contribution in [2.75, 3.05) is 0 Å². The molecule has 0 radical (unpaired) electrons. The van der Waals surface area contributed by atoms with Crippen LogP contribution in [0.1, 0.15) is 30.1 Å². The molecule has 0 bridgehead atoms. The van der Waals surface area contributed by atoms with E-state index >= 15 is 0 Å². The van der Waals surface area contributed by atoms with Crippen LogP contribution in [-0.4, -0.2) is 28.8 Å². The molecule has 1 N–H and O–H groups in total. The standard InChI is InChI=1S/C19H16N4O3/c1-11-21-17-7-6-14-15(18(17)22-11)8-9-20-10-16(14)19(24)12-2-4-13(5-3-12)23(25)26/h2-5,8-10,17H,6-7H2,1H3,(H,21,22). The van der Waals surface area contributed by atoms with Gasteiger partial charge in [0.25, 0.3) is 5.69 Å². The van der Waals surface area contributed by atoms with Gasteiger partial charge in [0.1, 0.15) is 0 Å². The Morgan fingerprint density at radius 2 is 2.08 bits per heavy atom. The molecule has 1 aromatic rings. The minimum Gasteiger partial charge on any atom is -0.345 e. The molecule has 4 rings (SSSR count). The van der Waals surface area contributed by atoms with E-state index in [1.54, 1.807) is 12.4 Å². The second-order valence-electron chi connectivity index (χ2n) is 6.34. The first kappa shape index (κ1) is 16.1. The summed E-state index contributed by atoms with van der Waals surface area (Å²) in [6.45, 7) is 1.93. The molecule has 7 heteroatoms. The lowest BCUT2D eigenvalue weighted by atomic mass is 9.84. The van der Waals surface area contributed by atoms with E-state index in [2.05, 4.69) is 15.3 Å². The van der Waals surface area contributed by atoms with E-state index in [0.717, 1.165) is 35.5 Å². The van der Waals surface area contributed by atoms with Gasteiger partial charge < -0.3 is 5.32 Å². The van der Waals surface area contributed by atoms with Gasteiger partial charge in [-0.2, -0.15) is 0 Å². The average Bonchev–Trinajstić information content (AvgIpc) is 2.89. The molecule has 0 spiro atoms. The van der Waals surface area contributed by atoms with Crippen LogP contribution in [0.3, 0.4) is 0 Å². The maximum absolute atomic E-state index is 13.0. The molecular weight excluding hydrogens is 332 g/mol. The van der Waals surface area contributed by atoms with E-state index in [-0.39, 0.29) is 17.5 Å². The Kier molecular flexibility index (Phi) is 3.84. The number of Topliss-reactive ketones (excluding diaryl/α,β-unsaturated/α-hetero) is 1. The van der Waals surface area contributed by atoms with Crippen LogP contribution in [0.15, 0.2) is 68.9 Å². The lowest BCUT2D eigenvalue weighted by molar-refractivity contribution is -0.384. The van der Waals surface area contributed by atoms with Gasteiger partial charge in [0.15, 0.2) is 5.78 Å². The summed E-state index contributed by atoms with van der Waals surface area (Å²) in [6, 6.07) is 5.76. The van der Waals surface area contributed by atoms with Crippen molar-refractivity contribution in [3.8, 4) is 0 Å². The second kappa shape index (κ2) is 6.18. The highest BCUT2D eigenvalue weighted by atomic mass is 16.6. The highest BCUT2D eigenvalue weighted by molar-refractivity contribution is 6.22. The zero-order valence-corrected chi connectivity index (χ0v) is 14.1.